The molecule has 1 heterocycles. The molecule has 1 aliphatic heterocycles. The summed E-state index contributed by atoms with van der Waals surface area (Å²) in [6, 6.07) is 0.828. The number of piperidine rings is 1. The van der Waals surface area contributed by atoms with Crippen LogP contribution in [0.3, 0.4) is 0 Å². The molecule has 1 saturated heterocycles. The maximum absolute atomic E-state index is 2.73. The highest BCUT2D eigenvalue weighted by atomic mass is 127. The average Bonchev–Trinajstić information content (AvgIpc) is 2.49. The molecular weight excluding hydrogens is 383 g/mol. The molecule has 1 fully saturated rings. The van der Waals surface area contributed by atoms with Gasteiger partial charge in [0.05, 0.1) is 19.6 Å². The Bertz CT molecular complexity index is 260. The summed E-state index contributed by atoms with van der Waals surface area (Å²) in [4.78, 5) is 2.42. The summed E-state index contributed by atoms with van der Waals surface area (Å²) < 4.78 is 1.30. The lowest BCUT2D eigenvalue weighted by Crippen LogP contribution is -2.49. The van der Waals surface area contributed by atoms with Crippen LogP contribution in [0.2, 0.25) is 0 Å². The molecule has 1 aliphatic rings. The number of halogens is 1. The Morgan fingerprint density at radius 3 is 1.73 bits per heavy atom. The summed E-state index contributed by atoms with van der Waals surface area (Å²) in [6.45, 7) is 6.45. The number of likely N-dealkylation sites (tertiary alicyclic amines) is 1. The molecule has 2 nitrogen and oxygen atoms in total. The van der Waals surface area contributed by atoms with Crippen LogP contribution in [0.15, 0.2) is 0 Å². The molecule has 0 aromatic carbocycles. The van der Waals surface area contributed by atoms with E-state index in [4.69, 9.17) is 0 Å². The van der Waals surface area contributed by atoms with Crippen molar-refractivity contribution in [2.45, 2.75) is 90.0 Å². The lowest BCUT2D eigenvalue weighted by atomic mass is 10.0. The summed E-state index contributed by atoms with van der Waals surface area (Å²) in [6.07, 6.45) is 17.3. The molecule has 0 aromatic rings. The second-order valence-corrected chi connectivity index (χ2v) is 9.62. The molecule has 0 saturated carbocycles. The Balaban J connectivity index is 1.94. The molecule has 0 aromatic heterocycles. The highest BCUT2D eigenvalue weighted by Gasteiger charge is 2.32. The number of hydrogen-bond donors (Lipinski definition) is 0. The van der Waals surface area contributed by atoms with Crippen LogP contribution in [0.1, 0.15) is 84.0 Å². The van der Waals surface area contributed by atoms with Crippen molar-refractivity contribution in [3.63, 3.8) is 0 Å². The van der Waals surface area contributed by atoms with Gasteiger partial charge in [0.1, 0.15) is 0 Å². The normalized spacial score (nSPS) is 25.8. The van der Waals surface area contributed by atoms with Gasteiger partial charge in [-0.2, -0.15) is 0 Å². The van der Waals surface area contributed by atoms with Gasteiger partial charge in [0.2, 0.25) is 22.9 Å². The highest BCUT2D eigenvalue weighted by Crippen LogP contribution is 2.27. The Hall–Kier alpha value is 0.650. The number of hydrogen-bond acceptors (Lipinski definition) is 1. The Labute approximate surface area is 154 Å². The van der Waals surface area contributed by atoms with E-state index in [1.165, 1.54) is 99.4 Å². The van der Waals surface area contributed by atoms with E-state index in [-0.39, 0.29) is 0 Å². The van der Waals surface area contributed by atoms with Crippen molar-refractivity contribution in [1.82, 2.24) is 4.90 Å². The molecule has 0 bridgehead atoms. The van der Waals surface area contributed by atoms with Crippen LogP contribution in [0.25, 0.3) is 0 Å². The van der Waals surface area contributed by atoms with Gasteiger partial charge in [-0.15, -0.1) is 0 Å². The smallest absolute Gasteiger partial charge is 0.248 e. The summed E-state index contributed by atoms with van der Waals surface area (Å²) in [7, 11) is 4.47. The van der Waals surface area contributed by atoms with Gasteiger partial charge >= 0.3 is 0 Å². The fourth-order valence-electron chi connectivity index (χ4n) is 3.64. The fraction of sp³-hybridized carbons (Fsp3) is 1.00. The number of quaternary nitrogens is 1. The molecule has 0 spiro atoms. The van der Waals surface area contributed by atoms with E-state index in [0.29, 0.717) is 0 Å². The molecule has 0 unspecified atom stereocenters. The quantitative estimate of drug-likeness (QED) is 0.218. The molecule has 0 N–H and O–H groups in total. The first-order valence-corrected chi connectivity index (χ1v) is 10.8. The van der Waals surface area contributed by atoms with Crippen LogP contribution >= 0.6 is 22.9 Å². The number of unbranched alkanes of at least 4 members (excludes halogenated alkanes) is 9. The Morgan fingerprint density at radius 2 is 1.27 bits per heavy atom. The van der Waals surface area contributed by atoms with Gasteiger partial charge < -0.3 is 4.90 Å². The number of rotatable bonds is 12. The van der Waals surface area contributed by atoms with Crippen molar-refractivity contribution in [1.29, 1.82) is 0 Å². The third-order valence-electron chi connectivity index (χ3n) is 5.37. The van der Waals surface area contributed by atoms with Crippen LogP contribution in [-0.2, 0) is 0 Å². The zero-order valence-corrected chi connectivity index (χ0v) is 17.6. The molecule has 0 radical (unpaired) electrons. The zero-order chi connectivity index (χ0) is 16.3. The van der Waals surface area contributed by atoms with Crippen molar-refractivity contribution in [3.8, 4) is 0 Å². The van der Waals surface area contributed by atoms with E-state index >= 15 is 0 Å². The lowest BCUT2D eigenvalue weighted by Gasteiger charge is -2.39. The molecule has 22 heavy (non-hydrogen) atoms. The van der Waals surface area contributed by atoms with E-state index in [2.05, 4.69) is 48.8 Å². The summed E-state index contributed by atoms with van der Waals surface area (Å²) in [5.74, 6) is 0. The monoisotopic (exact) mass is 423 g/mol. The first-order chi connectivity index (χ1) is 10.6. The molecule has 132 valence electrons. The van der Waals surface area contributed by atoms with E-state index in [1.807, 2.05) is 0 Å². The lowest BCUT2D eigenvalue weighted by molar-refractivity contribution is -0.761. The first-order valence-electron chi connectivity index (χ1n) is 9.79. The second kappa shape index (κ2) is 12.1. The van der Waals surface area contributed by atoms with E-state index in [1.54, 1.807) is 0 Å². The second-order valence-electron chi connectivity index (χ2n) is 7.58. The minimum atomic E-state index is 0.828. The Morgan fingerprint density at radius 1 is 0.818 bits per heavy atom. The third-order valence-corrected chi connectivity index (χ3v) is 6.82. The summed E-state index contributed by atoms with van der Waals surface area (Å²) in [5.41, 5.74) is 0. The minimum Gasteiger partial charge on any atom is -0.306 e. The summed E-state index contributed by atoms with van der Waals surface area (Å²) >= 11 is 2.73. The predicted octanol–water partition coefficient (Wildman–Crippen LogP) is 5.80. The SMILES string of the molecule is CCCCCCCCCCCC[N+]1(I)CCC(N(C)C)CC1. The van der Waals surface area contributed by atoms with Crippen molar-refractivity contribution < 1.29 is 2.70 Å². The molecule has 0 atom stereocenters. The maximum atomic E-state index is 2.73. The minimum absolute atomic E-state index is 0.828. The topological polar surface area (TPSA) is 3.24 Å². The van der Waals surface area contributed by atoms with Gasteiger partial charge in [0.25, 0.3) is 0 Å². The third kappa shape index (κ3) is 9.07. The van der Waals surface area contributed by atoms with Crippen LogP contribution < -0.4 is 0 Å². The van der Waals surface area contributed by atoms with Crippen molar-refractivity contribution in [2.75, 3.05) is 33.7 Å². The number of nitrogens with zero attached hydrogens (tertiary/aromatic N) is 2. The molecule has 1 rings (SSSR count). The molecule has 0 aliphatic carbocycles. The van der Waals surface area contributed by atoms with Crippen molar-refractivity contribution >= 4 is 22.9 Å². The zero-order valence-electron chi connectivity index (χ0n) is 15.5. The van der Waals surface area contributed by atoms with Crippen molar-refractivity contribution in [2.24, 2.45) is 0 Å². The van der Waals surface area contributed by atoms with Crippen LogP contribution in [0.5, 0.6) is 0 Å². The maximum Gasteiger partial charge on any atom is 0.248 e. The highest BCUT2D eigenvalue weighted by molar-refractivity contribution is 14.1. The van der Waals surface area contributed by atoms with Gasteiger partial charge in [-0.25, -0.2) is 0 Å². The first kappa shape index (κ1) is 20.7. The molecule has 3 heteroatoms. The van der Waals surface area contributed by atoms with Gasteiger partial charge in [-0.1, -0.05) is 58.3 Å². The molecule has 0 amide bonds. The Kier molecular flexibility index (Phi) is 11.4. The largest absolute Gasteiger partial charge is 0.306 e. The van der Waals surface area contributed by atoms with E-state index in [0.717, 1.165) is 6.04 Å². The van der Waals surface area contributed by atoms with Crippen LogP contribution in [-0.4, -0.2) is 47.4 Å². The fourth-order valence-corrected chi connectivity index (χ4v) is 4.54. The molecular formula is C19H40IN2+. The summed E-state index contributed by atoms with van der Waals surface area (Å²) in [5, 5.41) is 0. The van der Waals surface area contributed by atoms with Gasteiger partial charge in [-0.3, -0.25) is 2.70 Å². The van der Waals surface area contributed by atoms with E-state index < -0.39 is 0 Å². The van der Waals surface area contributed by atoms with Gasteiger partial charge in [0, 0.05) is 18.9 Å². The van der Waals surface area contributed by atoms with Crippen LogP contribution in [0, 0.1) is 0 Å². The average molecular weight is 423 g/mol. The van der Waals surface area contributed by atoms with Crippen LogP contribution in [0.4, 0.5) is 0 Å². The van der Waals surface area contributed by atoms with Crippen molar-refractivity contribution in [3.05, 3.63) is 0 Å². The van der Waals surface area contributed by atoms with Gasteiger partial charge in [-0.05, 0) is 26.9 Å². The van der Waals surface area contributed by atoms with E-state index in [9.17, 15) is 0 Å². The standard InChI is InChI=1S/C19H40IN2/c1-4-5-6-7-8-9-10-11-12-13-16-22(20)17-14-19(15-18-22)21(2)3/h19H,4-18H2,1-3H3/q+1. The predicted molar refractivity (Wildman–Crippen MR) is 107 cm³/mol. The van der Waals surface area contributed by atoms with Gasteiger partial charge in [0.15, 0.2) is 0 Å².